The van der Waals surface area contributed by atoms with Crippen LogP contribution < -0.4 is 0 Å². The summed E-state index contributed by atoms with van der Waals surface area (Å²) in [5, 5.41) is 33.3. The number of allylic oxidation sites excluding steroid dienone is 1. The third-order valence-corrected chi connectivity index (χ3v) is 11.6. The second kappa shape index (κ2) is 9.95. The van der Waals surface area contributed by atoms with Crippen molar-refractivity contribution in [3.63, 3.8) is 0 Å². The van der Waals surface area contributed by atoms with Crippen molar-refractivity contribution in [2.45, 2.75) is 114 Å². The van der Waals surface area contributed by atoms with Crippen LogP contribution >= 0.6 is 0 Å². The predicted molar refractivity (Wildman–Crippen MR) is 148 cm³/mol. The third kappa shape index (κ3) is 4.64. The molecule has 5 nitrogen and oxygen atoms in total. The van der Waals surface area contributed by atoms with Crippen LogP contribution in [0.15, 0.2) is 35.4 Å². The normalized spacial score (nSPS) is 38.9. The highest BCUT2D eigenvalue weighted by Gasteiger charge is 2.79. The number of benzene rings is 1. The summed E-state index contributed by atoms with van der Waals surface area (Å²) in [6.45, 7) is 6.40. The first-order chi connectivity index (χ1) is 19.9. The Morgan fingerprint density at radius 1 is 0.953 bits per heavy atom. The summed E-state index contributed by atoms with van der Waals surface area (Å²) in [5.41, 5.74) is -3.11. The molecule has 6 atom stereocenters. The van der Waals surface area contributed by atoms with Gasteiger partial charge in [0.15, 0.2) is 5.79 Å². The Kier molecular flexibility index (Phi) is 7.27. The molecule has 1 saturated heterocycles. The number of fused-ring (bicyclic) bond motifs is 4. The van der Waals surface area contributed by atoms with Gasteiger partial charge in [0.1, 0.15) is 5.60 Å². The van der Waals surface area contributed by atoms with Crippen LogP contribution in [0, 0.1) is 22.7 Å². The summed E-state index contributed by atoms with van der Waals surface area (Å²) in [6, 6.07) is 7.35. The molecule has 1 aromatic rings. The molecular formula is C33H43F5O5. The largest absolute Gasteiger partial charge is 0.456 e. The van der Waals surface area contributed by atoms with Gasteiger partial charge in [-0.15, -0.1) is 0 Å². The summed E-state index contributed by atoms with van der Waals surface area (Å²) < 4.78 is 84.6. The highest BCUT2D eigenvalue weighted by Crippen LogP contribution is 2.71. The molecule has 0 radical (unpaired) electrons. The van der Waals surface area contributed by atoms with Gasteiger partial charge in [0.05, 0.1) is 18.8 Å². The van der Waals surface area contributed by atoms with E-state index >= 15 is 8.78 Å². The zero-order valence-electron chi connectivity index (χ0n) is 25.1. The van der Waals surface area contributed by atoms with E-state index in [2.05, 4.69) is 13.8 Å². The van der Waals surface area contributed by atoms with Crippen LogP contribution in [0.1, 0.15) is 89.2 Å². The van der Waals surface area contributed by atoms with Crippen molar-refractivity contribution in [1.29, 1.82) is 0 Å². The lowest BCUT2D eigenvalue weighted by atomic mass is 9.49. The van der Waals surface area contributed by atoms with Gasteiger partial charge in [0.2, 0.25) is 0 Å². The number of halogens is 5. The minimum absolute atomic E-state index is 0.0427. The molecule has 6 rings (SSSR count). The zero-order valence-corrected chi connectivity index (χ0v) is 25.1. The monoisotopic (exact) mass is 614 g/mol. The lowest BCUT2D eigenvalue weighted by molar-refractivity contribution is -0.362. The summed E-state index contributed by atoms with van der Waals surface area (Å²) in [6.07, 6.45) is -4.34. The van der Waals surface area contributed by atoms with Crippen LogP contribution in [-0.2, 0) is 15.9 Å². The van der Waals surface area contributed by atoms with E-state index < -0.39 is 52.8 Å². The van der Waals surface area contributed by atoms with E-state index in [9.17, 15) is 28.5 Å². The number of hydrogen-bond donors (Lipinski definition) is 3. The fourth-order valence-electron chi connectivity index (χ4n) is 9.40. The van der Waals surface area contributed by atoms with Gasteiger partial charge in [-0.25, -0.2) is 0 Å². The van der Waals surface area contributed by atoms with Crippen LogP contribution in [0.2, 0.25) is 0 Å². The number of ether oxygens (including phenoxy) is 2. The standard InChI is InChI=1S/C33H43F5O5/c1-27(2)18-42-30(43-19-27)12-8-25-26-22(7-11-29(25,40)17-30)24-9-13-31(41,32(34,35)33(36,37)38)28(24,3)16-23(26)21-6-4-5-20(15-21)10-14-39/h4-6,15,22-24,39-41H,7-14,16-19H2,1-3H3/t22-,23+,24-,28-,29+,31-/m0/s1. The first-order valence-electron chi connectivity index (χ1n) is 15.5. The molecule has 10 heteroatoms. The van der Waals surface area contributed by atoms with Gasteiger partial charge in [0.25, 0.3) is 0 Å². The maximum atomic E-state index is 15.3. The molecule has 1 aromatic carbocycles. The van der Waals surface area contributed by atoms with Crippen molar-refractivity contribution < 1.29 is 46.7 Å². The molecule has 4 aliphatic carbocycles. The van der Waals surface area contributed by atoms with Crippen molar-refractivity contribution >= 4 is 0 Å². The lowest BCUT2D eigenvalue weighted by Gasteiger charge is -2.59. The number of rotatable bonds is 4. The van der Waals surface area contributed by atoms with E-state index in [4.69, 9.17) is 9.47 Å². The van der Waals surface area contributed by atoms with Gasteiger partial charge in [0, 0.05) is 36.2 Å². The van der Waals surface area contributed by atoms with Crippen LogP contribution in [0.3, 0.4) is 0 Å². The van der Waals surface area contributed by atoms with Gasteiger partial charge in [-0.05, 0) is 73.5 Å². The Morgan fingerprint density at radius 2 is 1.65 bits per heavy atom. The number of alkyl halides is 5. The molecule has 0 amide bonds. The zero-order chi connectivity index (χ0) is 31.3. The second-order valence-corrected chi connectivity index (χ2v) is 14.9. The van der Waals surface area contributed by atoms with Gasteiger partial charge in [-0.1, -0.05) is 50.6 Å². The maximum absolute atomic E-state index is 15.3. The molecule has 43 heavy (non-hydrogen) atoms. The molecule has 240 valence electrons. The quantitative estimate of drug-likeness (QED) is 0.269. The topological polar surface area (TPSA) is 79.2 Å². The number of aliphatic hydroxyl groups excluding tert-OH is 1. The van der Waals surface area contributed by atoms with Crippen molar-refractivity contribution in [1.82, 2.24) is 0 Å². The summed E-state index contributed by atoms with van der Waals surface area (Å²) >= 11 is 0. The fourth-order valence-corrected chi connectivity index (χ4v) is 9.40. The Bertz CT molecular complexity index is 1280. The van der Waals surface area contributed by atoms with Crippen LogP contribution in [-0.4, -0.2) is 64.2 Å². The van der Waals surface area contributed by atoms with Gasteiger partial charge in [-0.2, -0.15) is 22.0 Å². The molecule has 4 fully saturated rings. The van der Waals surface area contributed by atoms with Crippen molar-refractivity contribution in [2.75, 3.05) is 19.8 Å². The molecule has 0 bridgehead atoms. The SMILES string of the molecule is CC1(C)COC2(CCC3=C4[C@@H](CC[C@@]3(O)C2)[C@@H]2CC[C@@](O)(C(F)(F)C(F)(F)F)[C@@]2(C)C[C@@H]4c2cccc(CCO)c2)OC1. The summed E-state index contributed by atoms with van der Waals surface area (Å²) in [7, 11) is 0. The second-order valence-electron chi connectivity index (χ2n) is 14.9. The first-order valence-corrected chi connectivity index (χ1v) is 15.5. The molecule has 0 unspecified atom stereocenters. The highest BCUT2D eigenvalue weighted by atomic mass is 19.4. The molecule has 3 N–H and O–H groups in total. The minimum Gasteiger partial charge on any atom is -0.396 e. The van der Waals surface area contributed by atoms with Crippen molar-refractivity contribution in [3.8, 4) is 0 Å². The highest BCUT2D eigenvalue weighted by molar-refractivity contribution is 5.45. The fraction of sp³-hybridized carbons (Fsp3) is 0.758. The third-order valence-electron chi connectivity index (χ3n) is 11.6. The predicted octanol–water partition coefficient (Wildman–Crippen LogP) is 6.44. The maximum Gasteiger partial charge on any atom is 0.456 e. The summed E-state index contributed by atoms with van der Waals surface area (Å²) in [4.78, 5) is 0. The molecular weight excluding hydrogens is 571 g/mol. The van der Waals surface area contributed by atoms with Crippen molar-refractivity contribution in [2.24, 2.45) is 22.7 Å². The van der Waals surface area contributed by atoms with Crippen LogP contribution in [0.4, 0.5) is 22.0 Å². The molecule has 5 aliphatic rings. The number of hydrogen-bond acceptors (Lipinski definition) is 5. The summed E-state index contributed by atoms with van der Waals surface area (Å²) in [5.74, 6) is -7.76. The van der Waals surface area contributed by atoms with E-state index in [1.807, 2.05) is 18.2 Å². The van der Waals surface area contributed by atoms with E-state index in [-0.39, 0.29) is 37.2 Å². The van der Waals surface area contributed by atoms with E-state index in [1.165, 1.54) is 6.92 Å². The molecule has 3 saturated carbocycles. The minimum atomic E-state index is -5.89. The Hall–Kier alpha value is -1.59. The molecule has 1 heterocycles. The number of aliphatic hydroxyl groups is 3. The molecule has 1 aliphatic heterocycles. The van der Waals surface area contributed by atoms with E-state index in [0.717, 1.165) is 22.3 Å². The van der Waals surface area contributed by atoms with Gasteiger partial charge >= 0.3 is 12.1 Å². The van der Waals surface area contributed by atoms with Gasteiger partial charge in [-0.3, -0.25) is 0 Å². The van der Waals surface area contributed by atoms with Gasteiger partial charge < -0.3 is 24.8 Å². The lowest BCUT2D eigenvalue weighted by Crippen LogP contribution is -2.65. The average Bonchev–Trinajstić information content (AvgIpc) is 3.21. The average molecular weight is 615 g/mol. The Balaban J connectivity index is 1.46. The van der Waals surface area contributed by atoms with Crippen LogP contribution in [0.25, 0.3) is 0 Å². The van der Waals surface area contributed by atoms with E-state index in [1.54, 1.807) is 6.07 Å². The smallest absolute Gasteiger partial charge is 0.396 e. The van der Waals surface area contributed by atoms with Crippen molar-refractivity contribution in [3.05, 3.63) is 46.5 Å². The van der Waals surface area contributed by atoms with Crippen LogP contribution in [0.5, 0.6) is 0 Å². The molecule has 0 aromatic heterocycles. The Morgan fingerprint density at radius 3 is 2.30 bits per heavy atom. The molecule has 1 spiro atoms. The Labute approximate surface area is 249 Å². The first kappa shape index (κ1) is 31.4. The van der Waals surface area contributed by atoms with E-state index in [0.29, 0.717) is 45.3 Å².